The SMILES string of the molecule is OCc1ccnc(-c2nc(O)c3c(C(F)(F)F)csc3n2)c1. The molecule has 2 N–H and O–H groups in total. The van der Waals surface area contributed by atoms with Gasteiger partial charge in [0.25, 0.3) is 0 Å². The van der Waals surface area contributed by atoms with Crippen molar-refractivity contribution < 1.29 is 23.4 Å². The van der Waals surface area contributed by atoms with E-state index in [9.17, 15) is 18.3 Å². The predicted molar refractivity (Wildman–Crippen MR) is 73.2 cm³/mol. The second kappa shape index (κ2) is 5.18. The Hall–Kier alpha value is -2.26. The Morgan fingerprint density at radius 2 is 2.00 bits per heavy atom. The van der Waals surface area contributed by atoms with Crippen molar-refractivity contribution in [1.82, 2.24) is 15.0 Å². The molecule has 0 atom stereocenters. The lowest BCUT2D eigenvalue weighted by atomic mass is 10.2. The lowest BCUT2D eigenvalue weighted by Crippen LogP contribution is -2.04. The average Bonchev–Trinajstić information content (AvgIpc) is 2.92. The van der Waals surface area contributed by atoms with E-state index in [2.05, 4.69) is 15.0 Å². The topological polar surface area (TPSA) is 79.1 Å². The lowest BCUT2D eigenvalue weighted by Gasteiger charge is -2.06. The third-order valence-corrected chi connectivity index (χ3v) is 3.83. The summed E-state index contributed by atoms with van der Waals surface area (Å²) in [5.41, 5.74) is -0.158. The number of aliphatic hydroxyl groups excluding tert-OH is 1. The van der Waals surface area contributed by atoms with Gasteiger partial charge in [0, 0.05) is 11.6 Å². The van der Waals surface area contributed by atoms with Crippen LogP contribution in [0.15, 0.2) is 23.7 Å². The maximum absolute atomic E-state index is 12.9. The van der Waals surface area contributed by atoms with E-state index < -0.39 is 23.0 Å². The number of nitrogens with zero attached hydrogens (tertiary/aromatic N) is 3. The van der Waals surface area contributed by atoms with E-state index in [1.807, 2.05) is 0 Å². The molecule has 22 heavy (non-hydrogen) atoms. The number of aliphatic hydroxyl groups is 1. The normalized spacial score (nSPS) is 12.0. The fourth-order valence-corrected chi connectivity index (χ4v) is 2.88. The van der Waals surface area contributed by atoms with Crippen LogP contribution in [0.25, 0.3) is 21.7 Å². The number of alkyl halides is 3. The van der Waals surface area contributed by atoms with E-state index in [0.29, 0.717) is 5.56 Å². The summed E-state index contributed by atoms with van der Waals surface area (Å²) in [4.78, 5) is 11.7. The third kappa shape index (κ3) is 2.48. The summed E-state index contributed by atoms with van der Waals surface area (Å²) in [6.07, 6.45) is -3.17. The van der Waals surface area contributed by atoms with E-state index in [-0.39, 0.29) is 23.0 Å². The summed E-state index contributed by atoms with van der Waals surface area (Å²) in [5, 5.41) is 19.4. The summed E-state index contributed by atoms with van der Waals surface area (Å²) in [5.74, 6) is -0.749. The molecule has 0 fully saturated rings. The van der Waals surface area contributed by atoms with Gasteiger partial charge < -0.3 is 10.2 Å². The van der Waals surface area contributed by atoms with Crippen molar-refractivity contribution in [3.05, 3.63) is 34.8 Å². The van der Waals surface area contributed by atoms with E-state index in [4.69, 9.17) is 5.11 Å². The fourth-order valence-electron chi connectivity index (χ4n) is 1.94. The maximum atomic E-state index is 12.9. The van der Waals surface area contributed by atoms with Crippen molar-refractivity contribution in [2.24, 2.45) is 0 Å². The first-order chi connectivity index (χ1) is 10.4. The average molecular weight is 327 g/mol. The van der Waals surface area contributed by atoms with Gasteiger partial charge in [-0.15, -0.1) is 11.3 Å². The van der Waals surface area contributed by atoms with Crippen molar-refractivity contribution in [2.45, 2.75) is 12.8 Å². The number of halogens is 3. The first-order valence-corrected chi connectivity index (χ1v) is 6.89. The minimum absolute atomic E-state index is 0.00382. The van der Waals surface area contributed by atoms with Gasteiger partial charge >= 0.3 is 6.18 Å². The Bertz CT molecular complexity index is 848. The molecule has 3 aromatic rings. The molecule has 0 spiro atoms. The molecule has 114 valence electrons. The van der Waals surface area contributed by atoms with Crippen molar-refractivity contribution in [3.8, 4) is 17.4 Å². The van der Waals surface area contributed by atoms with Crippen LogP contribution in [0, 0.1) is 0 Å². The lowest BCUT2D eigenvalue weighted by molar-refractivity contribution is -0.136. The van der Waals surface area contributed by atoms with Crippen LogP contribution >= 0.6 is 11.3 Å². The molecule has 3 heterocycles. The zero-order chi connectivity index (χ0) is 15.9. The minimum atomic E-state index is -4.59. The number of aromatic hydroxyl groups is 1. The molecule has 0 aliphatic heterocycles. The van der Waals surface area contributed by atoms with Crippen LogP contribution < -0.4 is 0 Å². The van der Waals surface area contributed by atoms with Crippen LogP contribution in [0.1, 0.15) is 11.1 Å². The first kappa shape index (κ1) is 14.7. The molecule has 3 rings (SSSR count). The highest BCUT2D eigenvalue weighted by molar-refractivity contribution is 7.17. The van der Waals surface area contributed by atoms with Crippen LogP contribution in [-0.2, 0) is 12.8 Å². The van der Waals surface area contributed by atoms with Gasteiger partial charge in [0.1, 0.15) is 10.5 Å². The fraction of sp³-hybridized carbons (Fsp3) is 0.154. The van der Waals surface area contributed by atoms with Crippen molar-refractivity contribution in [3.63, 3.8) is 0 Å². The molecule has 0 aliphatic rings. The summed E-state index contributed by atoms with van der Waals surface area (Å²) in [6.45, 7) is -0.221. The van der Waals surface area contributed by atoms with Gasteiger partial charge in [0.2, 0.25) is 5.88 Å². The van der Waals surface area contributed by atoms with E-state index in [1.165, 1.54) is 12.3 Å². The number of hydrogen-bond donors (Lipinski definition) is 2. The maximum Gasteiger partial charge on any atom is 0.418 e. The Kier molecular flexibility index (Phi) is 3.45. The number of fused-ring (bicyclic) bond motifs is 1. The molecule has 0 bridgehead atoms. The summed E-state index contributed by atoms with van der Waals surface area (Å²) in [7, 11) is 0. The number of rotatable bonds is 2. The van der Waals surface area contributed by atoms with Crippen molar-refractivity contribution >= 4 is 21.6 Å². The Morgan fingerprint density at radius 1 is 1.23 bits per heavy atom. The van der Waals surface area contributed by atoms with Gasteiger partial charge in [0.15, 0.2) is 5.82 Å². The zero-order valence-electron chi connectivity index (χ0n) is 10.8. The summed E-state index contributed by atoms with van der Waals surface area (Å²) in [6, 6.07) is 3.08. The van der Waals surface area contributed by atoms with Gasteiger partial charge in [-0.1, -0.05) is 0 Å². The van der Waals surface area contributed by atoms with Gasteiger partial charge in [0.05, 0.1) is 17.6 Å². The first-order valence-electron chi connectivity index (χ1n) is 6.01. The van der Waals surface area contributed by atoms with Gasteiger partial charge in [-0.2, -0.15) is 18.2 Å². The highest BCUT2D eigenvalue weighted by Gasteiger charge is 2.35. The number of hydrogen-bond acceptors (Lipinski definition) is 6. The second-order valence-corrected chi connectivity index (χ2v) is 5.26. The van der Waals surface area contributed by atoms with Crippen molar-refractivity contribution in [1.29, 1.82) is 0 Å². The van der Waals surface area contributed by atoms with Gasteiger partial charge in [-0.3, -0.25) is 4.98 Å². The number of pyridine rings is 1. The van der Waals surface area contributed by atoms with Crippen LogP contribution in [0.5, 0.6) is 5.88 Å². The highest BCUT2D eigenvalue weighted by Crippen LogP contribution is 2.41. The van der Waals surface area contributed by atoms with E-state index in [0.717, 1.165) is 16.7 Å². The van der Waals surface area contributed by atoms with Crippen LogP contribution in [0.2, 0.25) is 0 Å². The second-order valence-electron chi connectivity index (χ2n) is 4.41. The largest absolute Gasteiger partial charge is 0.493 e. The van der Waals surface area contributed by atoms with Crippen molar-refractivity contribution in [2.75, 3.05) is 0 Å². The monoisotopic (exact) mass is 327 g/mol. The van der Waals surface area contributed by atoms with Gasteiger partial charge in [-0.25, -0.2) is 4.98 Å². The third-order valence-electron chi connectivity index (χ3n) is 2.96. The Morgan fingerprint density at radius 3 is 2.68 bits per heavy atom. The molecule has 0 aliphatic carbocycles. The number of aromatic nitrogens is 3. The molecule has 3 aromatic heterocycles. The molecule has 0 aromatic carbocycles. The van der Waals surface area contributed by atoms with Crippen LogP contribution in [0.4, 0.5) is 13.2 Å². The van der Waals surface area contributed by atoms with E-state index >= 15 is 0 Å². The molecule has 0 unspecified atom stereocenters. The Balaban J connectivity index is 2.18. The zero-order valence-corrected chi connectivity index (χ0v) is 11.6. The minimum Gasteiger partial charge on any atom is -0.493 e. The number of thiophene rings is 1. The molecular weight excluding hydrogens is 319 g/mol. The van der Waals surface area contributed by atoms with Gasteiger partial charge in [-0.05, 0) is 17.7 Å². The van der Waals surface area contributed by atoms with Crippen LogP contribution in [0.3, 0.4) is 0 Å². The Labute approximate surface area is 125 Å². The highest BCUT2D eigenvalue weighted by atomic mass is 32.1. The summed E-state index contributed by atoms with van der Waals surface area (Å²) < 4.78 is 38.6. The molecule has 0 saturated carbocycles. The predicted octanol–water partition coefficient (Wildman–Crippen LogP) is 2.97. The molecule has 9 heteroatoms. The van der Waals surface area contributed by atoms with E-state index in [1.54, 1.807) is 6.07 Å². The molecule has 0 saturated heterocycles. The molecule has 0 radical (unpaired) electrons. The molecular formula is C13H8F3N3O2S. The molecule has 5 nitrogen and oxygen atoms in total. The smallest absolute Gasteiger partial charge is 0.418 e. The standard InChI is InChI=1S/C13H8F3N3O2S/c14-13(15,16)7-5-22-12-9(7)11(21)18-10(19-12)8-3-6(4-20)1-2-17-8/h1-3,5,20H,4H2,(H,18,19,21). The summed E-state index contributed by atoms with van der Waals surface area (Å²) >= 11 is 0.765. The van der Waals surface area contributed by atoms with Crippen LogP contribution in [-0.4, -0.2) is 25.2 Å². The quantitative estimate of drug-likeness (QED) is 0.756. The molecule has 0 amide bonds.